The molecule has 108 valence electrons. The second-order valence-corrected chi connectivity index (χ2v) is 5.86. The molecule has 0 bridgehead atoms. The fourth-order valence-electron chi connectivity index (χ4n) is 2.39. The van der Waals surface area contributed by atoms with Gasteiger partial charge in [0.1, 0.15) is 0 Å². The monoisotopic (exact) mass is 256 g/mol. The highest BCUT2D eigenvalue weighted by Crippen LogP contribution is 2.08. The van der Waals surface area contributed by atoms with E-state index in [0.717, 1.165) is 38.6 Å². The number of nitrogens with one attached hydrogen (secondary N) is 1. The molecule has 3 heteroatoms. The van der Waals surface area contributed by atoms with Crippen LogP contribution in [0.25, 0.3) is 0 Å². The summed E-state index contributed by atoms with van der Waals surface area (Å²) in [4.78, 5) is 2.54. The van der Waals surface area contributed by atoms with Gasteiger partial charge in [-0.3, -0.25) is 0 Å². The lowest BCUT2D eigenvalue weighted by molar-refractivity contribution is 0.0324. The maximum Gasteiger partial charge on any atom is 0.0697 e. The summed E-state index contributed by atoms with van der Waals surface area (Å²) in [5.74, 6) is 0.718. The van der Waals surface area contributed by atoms with Crippen LogP contribution in [0.4, 0.5) is 0 Å². The van der Waals surface area contributed by atoms with Crippen LogP contribution in [0.15, 0.2) is 0 Å². The summed E-state index contributed by atoms with van der Waals surface area (Å²) in [5.41, 5.74) is 0. The zero-order valence-corrected chi connectivity index (χ0v) is 12.6. The van der Waals surface area contributed by atoms with E-state index in [-0.39, 0.29) is 0 Å². The van der Waals surface area contributed by atoms with Crippen molar-refractivity contribution in [2.45, 2.75) is 52.6 Å². The van der Waals surface area contributed by atoms with Gasteiger partial charge in [-0.25, -0.2) is 0 Å². The molecule has 1 fully saturated rings. The second-order valence-electron chi connectivity index (χ2n) is 5.86. The first-order valence-corrected chi connectivity index (χ1v) is 7.77. The molecule has 3 nitrogen and oxygen atoms in total. The molecule has 0 aromatic rings. The summed E-state index contributed by atoms with van der Waals surface area (Å²) < 4.78 is 5.97. The smallest absolute Gasteiger partial charge is 0.0697 e. The lowest BCUT2D eigenvalue weighted by Crippen LogP contribution is -2.36. The molecule has 0 amide bonds. The molecule has 1 rings (SSSR count). The highest BCUT2D eigenvalue weighted by atomic mass is 16.5. The Bertz CT molecular complexity index is 191. The van der Waals surface area contributed by atoms with E-state index in [4.69, 9.17) is 4.74 Å². The summed E-state index contributed by atoms with van der Waals surface area (Å²) in [6, 6.07) is 0. The third-order valence-electron chi connectivity index (χ3n) is 3.59. The molecule has 1 unspecified atom stereocenters. The second kappa shape index (κ2) is 9.76. The van der Waals surface area contributed by atoms with Crippen molar-refractivity contribution in [1.82, 2.24) is 10.2 Å². The minimum atomic E-state index is 0.383. The van der Waals surface area contributed by atoms with Gasteiger partial charge >= 0.3 is 0 Å². The first-order chi connectivity index (χ1) is 8.72. The van der Waals surface area contributed by atoms with E-state index in [1.807, 2.05) is 0 Å². The van der Waals surface area contributed by atoms with Gasteiger partial charge in [0.15, 0.2) is 0 Å². The van der Waals surface area contributed by atoms with Crippen molar-refractivity contribution in [3.63, 3.8) is 0 Å². The van der Waals surface area contributed by atoms with Gasteiger partial charge in [0.25, 0.3) is 0 Å². The topological polar surface area (TPSA) is 24.5 Å². The average Bonchev–Trinajstić information content (AvgIpc) is 2.38. The molecule has 1 atom stereocenters. The molecular formula is C15H32N2O. The van der Waals surface area contributed by atoms with Crippen LogP contribution in [0.1, 0.15) is 46.5 Å². The maximum atomic E-state index is 5.97. The molecule has 0 saturated carbocycles. The number of piperidine rings is 1. The van der Waals surface area contributed by atoms with E-state index >= 15 is 0 Å². The van der Waals surface area contributed by atoms with Gasteiger partial charge in [-0.1, -0.05) is 27.2 Å². The molecule has 0 aliphatic carbocycles. The van der Waals surface area contributed by atoms with Crippen LogP contribution in [0.5, 0.6) is 0 Å². The van der Waals surface area contributed by atoms with Crippen molar-refractivity contribution in [2.24, 2.45) is 5.92 Å². The van der Waals surface area contributed by atoms with Crippen LogP contribution in [-0.4, -0.2) is 50.3 Å². The van der Waals surface area contributed by atoms with Crippen LogP contribution in [0, 0.1) is 5.92 Å². The predicted molar refractivity (Wildman–Crippen MR) is 78.0 cm³/mol. The molecule has 1 heterocycles. The van der Waals surface area contributed by atoms with Gasteiger partial charge in [-0.05, 0) is 44.8 Å². The fourth-order valence-corrected chi connectivity index (χ4v) is 2.39. The lowest BCUT2D eigenvalue weighted by atomic mass is 10.1. The normalized spacial score (nSPS) is 19.3. The maximum absolute atomic E-state index is 5.97. The quantitative estimate of drug-likeness (QED) is 0.686. The van der Waals surface area contributed by atoms with Crippen LogP contribution in [0.3, 0.4) is 0 Å². The Labute approximate surface area is 113 Å². The van der Waals surface area contributed by atoms with Crippen LogP contribution < -0.4 is 5.32 Å². The predicted octanol–water partition coefficient (Wildman–Crippen LogP) is 2.51. The van der Waals surface area contributed by atoms with Crippen molar-refractivity contribution < 1.29 is 4.74 Å². The Morgan fingerprint density at radius 1 is 1.11 bits per heavy atom. The van der Waals surface area contributed by atoms with Crippen molar-refractivity contribution in [1.29, 1.82) is 0 Å². The molecular weight excluding hydrogens is 224 g/mol. The molecule has 1 aliphatic rings. The zero-order chi connectivity index (χ0) is 13.2. The van der Waals surface area contributed by atoms with Gasteiger partial charge in [0.05, 0.1) is 12.7 Å². The Balaban J connectivity index is 2.03. The Hall–Kier alpha value is -0.120. The van der Waals surface area contributed by atoms with E-state index in [1.54, 1.807) is 0 Å². The van der Waals surface area contributed by atoms with Crippen LogP contribution in [0.2, 0.25) is 0 Å². The van der Waals surface area contributed by atoms with Gasteiger partial charge in [-0.2, -0.15) is 0 Å². The van der Waals surface area contributed by atoms with Gasteiger partial charge < -0.3 is 15.0 Å². The summed E-state index contributed by atoms with van der Waals surface area (Å²) in [6.45, 7) is 13.3. The van der Waals surface area contributed by atoms with Crippen LogP contribution in [-0.2, 0) is 4.74 Å². The number of rotatable bonds is 9. The molecule has 0 aromatic heterocycles. The average molecular weight is 256 g/mol. The van der Waals surface area contributed by atoms with Crippen molar-refractivity contribution in [3.05, 3.63) is 0 Å². The van der Waals surface area contributed by atoms with Crippen molar-refractivity contribution >= 4 is 0 Å². The Kier molecular flexibility index (Phi) is 8.64. The number of hydrogen-bond donors (Lipinski definition) is 1. The number of ether oxygens (including phenoxy) is 1. The van der Waals surface area contributed by atoms with Gasteiger partial charge in [0.2, 0.25) is 0 Å². The molecule has 0 spiro atoms. The van der Waals surface area contributed by atoms with E-state index in [9.17, 15) is 0 Å². The van der Waals surface area contributed by atoms with E-state index in [2.05, 4.69) is 31.0 Å². The lowest BCUT2D eigenvalue weighted by Gasteiger charge is -2.27. The Morgan fingerprint density at radius 3 is 2.44 bits per heavy atom. The largest absolute Gasteiger partial charge is 0.376 e. The summed E-state index contributed by atoms with van der Waals surface area (Å²) in [6.07, 6.45) is 5.63. The standard InChI is InChI=1S/C15H32N2O/c1-4-15(13-16-12-14(2)3)18-11-10-17-8-6-5-7-9-17/h14-16H,4-13H2,1-3H3. The molecule has 1 N–H and O–H groups in total. The molecule has 0 radical (unpaired) electrons. The van der Waals surface area contributed by atoms with Gasteiger partial charge in [0, 0.05) is 13.1 Å². The molecule has 18 heavy (non-hydrogen) atoms. The first-order valence-electron chi connectivity index (χ1n) is 7.77. The van der Waals surface area contributed by atoms with E-state index in [1.165, 1.54) is 32.4 Å². The number of nitrogens with zero attached hydrogens (tertiary/aromatic N) is 1. The van der Waals surface area contributed by atoms with Gasteiger partial charge in [-0.15, -0.1) is 0 Å². The number of likely N-dealkylation sites (tertiary alicyclic amines) is 1. The SMILES string of the molecule is CCC(CNCC(C)C)OCCN1CCCCC1. The highest BCUT2D eigenvalue weighted by molar-refractivity contribution is 4.65. The summed E-state index contributed by atoms with van der Waals surface area (Å²) in [7, 11) is 0. The van der Waals surface area contributed by atoms with Crippen molar-refractivity contribution in [3.8, 4) is 0 Å². The zero-order valence-electron chi connectivity index (χ0n) is 12.6. The summed E-state index contributed by atoms with van der Waals surface area (Å²) >= 11 is 0. The highest BCUT2D eigenvalue weighted by Gasteiger charge is 2.11. The minimum absolute atomic E-state index is 0.383. The molecule has 1 aliphatic heterocycles. The van der Waals surface area contributed by atoms with E-state index < -0.39 is 0 Å². The minimum Gasteiger partial charge on any atom is -0.376 e. The molecule has 0 aromatic carbocycles. The first kappa shape index (κ1) is 15.9. The number of hydrogen-bond acceptors (Lipinski definition) is 3. The van der Waals surface area contributed by atoms with Crippen molar-refractivity contribution in [2.75, 3.05) is 39.3 Å². The fraction of sp³-hybridized carbons (Fsp3) is 1.00. The molecule has 1 saturated heterocycles. The Morgan fingerprint density at radius 2 is 1.83 bits per heavy atom. The third kappa shape index (κ3) is 7.34. The third-order valence-corrected chi connectivity index (χ3v) is 3.59. The van der Waals surface area contributed by atoms with E-state index in [0.29, 0.717) is 6.10 Å². The summed E-state index contributed by atoms with van der Waals surface area (Å²) in [5, 5.41) is 3.49. The van der Waals surface area contributed by atoms with Crippen LogP contribution >= 0.6 is 0 Å².